The summed E-state index contributed by atoms with van der Waals surface area (Å²) >= 11 is 5.99. The second-order valence-electron chi connectivity index (χ2n) is 3.98. The van der Waals surface area contributed by atoms with Gasteiger partial charge in [0.2, 0.25) is 0 Å². The van der Waals surface area contributed by atoms with Crippen LogP contribution in [0.25, 0.3) is 0 Å². The first-order valence-corrected chi connectivity index (χ1v) is 6.35. The molecule has 1 atom stereocenters. The smallest absolute Gasteiger partial charge is 0.142 e. The molecule has 1 aromatic carbocycles. The number of ether oxygens (including phenoxy) is 1. The van der Waals surface area contributed by atoms with Crippen molar-refractivity contribution in [2.75, 3.05) is 11.9 Å². The van der Waals surface area contributed by atoms with E-state index in [1.807, 2.05) is 31.2 Å². The number of hydrogen-bond acceptors (Lipinski definition) is 2. The second-order valence-corrected chi connectivity index (χ2v) is 4.42. The molecule has 0 heterocycles. The lowest BCUT2D eigenvalue weighted by Crippen LogP contribution is -2.15. The van der Waals surface area contributed by atoms with Gasteiger partial charge in [-0.3, -0.25) is 0 Å². The molecule has 17 heavy (non-hydrogen) atoms. The summed E-state index contributed by atoms with van der Waals surface area (Å²) in [6.45, 7) is 8.49. The fourth-order valence-electron chi connectivity index (χ4n) is 1.60. The summed E-state index contributed by atoms with van der Waals surface area (Å²) in [4.78, 5) is 0. The number of rotatable bonds is 7. The molecule has 0 bridgehead atoms. The Morgan fingerprint density at radius 1 is 1.53 bits per heavy atom. The molecule has 2 nitrogen and oxygen atoms in total. The largest absolute Gasteiger partial charge is 0.492 e. The van der Waals surface area contributed by atoms with Crippen molar-refractivity contribution >= 4 is 17.3 Å². The van der Waals surface area contributed by atoms with Crippen LogP contribution in [-0.2, 0) is 0 Å². The maximum Gasteiger partial charge on any atom is 0.142 e. The topological polar surface area (TPSA) is 21.3 Å². The maximum absolute atomic E-state index is 5.99. The van der Waals surface area contributed by atoms with Gasteiger partial charge in [-0.1, -0.05) is 17.7 Å². The van der Waals surface area contributed by atoms with Crippen LogP contribution >= 0.6 is 11.6 Å². The average Bonchev–Trinajstić information content (AvgIpc) is 2.30. The van der Waals surface area contributed by atoms with Gasteiger partial charge >= 0.3 is 0 Å². The summed E-state index contributed by atoms with van der Waals surface area (Å²) in [5.41, 5.74) is 0.955. The molecule has 1 aromatic rings. The Bertz CT molecular complexity index is 365. The van der Waals surface area contributed by atoms with Gasteiger partial charge in [0.05, 0.1) is 12.3 Å². The van der Waals surface area contributed by atoms with Gasteiger partial charge in [0.25, 0.3) is 0 Å². The lowest BCUT2D eigenvalue weighted by Gasteiger charge is -2.17. The minimum atomic E-state index is 0.366. The van der Waals surface area contributed by atoms with E-state index in [1.165, 1.54) is 0 Å². The molecule has 0 aliphatic carbocycles. The number of nitrogens with one attached hydrogen (secondary N) is 1. The highest BCUT2D eigenvalue weighted by Crippen LogP contribution is 2.29. The van der Waals surface area contributed by atoms with Crippen molar-refractivity contribution in [3.8, 4) is 5.75 Å². The third-order valence-corrected chi connectivity index (χ3v) is 2.68. The molecule has 0 aliphatic heterocycles. The lowest BCUT2D eigenvalue weighted by atomic mass is 10.1. The van der Waals surface area contributed by atoms with E-state index in [2.05, 4.69) is 18.8 Å². The standard InChI is InChI=1S/C14H20ClNO/c1-4-6-7-11(3)16-13-10-12(15)8-9-14(13)17-5-2/h4,8-11,16H,1,5-7H2,2-3H3. The summed E-state index contributed by atoms with van der Waals surface area (Å²) in [6.07, 6.45) is 3.97. The zero-order valence-electron chi connectivity index (χ0n) is 10.5. The van der Waals surface area contributed by atoms with Crippen molar-refractivity contribution in [1.82, 2.24) is 0 Å². The number of halogens is 1. The van der Waals surface area contributed by atoms with Crippen LogP contribution in [0.1, 0.15) is 26.7 Å². The molecule has 0 saturated carbocycles. The average molecular weight is 254 g/mol. The fourth-order valence-corrected chi connectivity index (χ4v) is 1.77. The van der Waals surface area contributed by atoms with E-state index < -0.39 is 0 Å². The van der Waals surface area contributed by atoms with Crippen LogP contribution < -0.4 is 10.1 Å². The van der Waals surface area contributed by atoms with Crippen molar-refractivity contribution in [1.29, 1.82) is 0 Å². The van der Waals surface area contributed by atoms with Crippen LogP contribution in [0.3, 0.4) is 0 Å². The predicted molar refractivity (Wildman–Crippen MR) is 75.1 cm³/mol. The van der Waals surface area contributed by atoms with E-state index in [4.69, 9.17) is 16.3 Å². The zero-order valence-corrected chi connectivity index (χ0v) is 11.3. The SMILES string of the molecule is C=CCCC(C)Nc1cc(Cl)ccc1OCC. The Hall–Kier alpha value is -1.15. The normalized spacial score (nSPS) is 11.9. The molecule has 0 radical (unpaired) electrons. The van der Waals surface area contributed by atoms with Gasteiger partial charge in [0.15, 0.2) is 0 Å². The third kappa shape index (κ3) is 4.70. The van der Waals surface area contributed by atoms with Crippen LogP contribution in [-0.4, -0.2) is 12.6 Å². The van der Waals surface area contributed by atoms with Gasteiger partial charge in [0.1, 0.15) is 5.75 Å². The van der Waals surface area contributed by atoms with E-state index >= 15 is 0 Å². The number of anilines is 1. The summed E-state index contributed by atoms with van der Waals surface area (Å²) in [5.74, 6) is 0.849. The lowest BCUT2D eigenvalue weighted by molar-refractivity contribution is 0.341. The second kappa shape index (κ2) is 7.23. The summed E-state index contributed by atoms with van der Waals surface area (Å²) in [5, 5.41) is 4.13. The Morgan fingerprint density at radius 3 is 2.94 bits per heavy atom. The van der Waals surface area contributed by atoms with Crippen LogP contribution in [0.5, 0.6) is 5.75 Å². The van der Waals surface area contributed by atoms with Gasteiger partial charge in [-0.25, -0.2) is 0 Å². The van der Waals surface area contributed by atoms with Crippen molar-refractivity contribution < 1.29 is 4.74 Å². The zero-order chi connectivity index (χ0) is 12.7. The Morgan fingerprint density at radius 2 is 2.29 bits per heavy atom. The minimum absolute atomic E-state index is 0.366. The van der Waals surface area contributed by atoms with E-state index in [9.17, 15) is 0 Å². The highest BCUT2D eigenvalue weighted by molar-refractivity contribution is 6.30. The van der Waals surface area contributed by atoms with Gasteiger partial charge in [-0.2, -0.15) is 0 Å². The molecule has 1 unspecified atom stereocenters. The Kier molecular flexibility index (Phi) is 5.92. The van der Waals surface area contributed by atoms with Crippen molar-refractivity contribution in [3.63, 3.8) is 0 Å². The molecule has 0 aliphatic rings. The highest BCUT2D eigenvalue weighted by Gasteiger charge is 2.07. The molecule has 0 saturated heterocycles. The first-order valence-electron chi connectivity index (χ1n) is 5.97. The van der Waals surface area contributed by atoms with Crippen LogP contribution in [0.4, 0.5) is 5.69 Å². The maximum atomic E-state index is 5.99. The highest BCUT2D eigenvalue weighted by atomic mass is 35.5. The van der Waals surface area contributed by atoms with Crippen molar-refractivity contribution in [2.45, 2.75) is 32.7 Å². The van der Waals surface area contributed by atoms with Crippen LogP contribution in [0, 0.1) is 0 Å². The van der Waals surface area contributed by atoms with Gasteiger partial charge in [-0.15, -0.1) is 6.58 Å². The number of hydrogen-bond donors (Lipinski definition) is 1. The predicted octanol–water partition coefficient (Wildman–Crippen LogP) is 4.51. The molecule has 1 N–H and O–H groups in total. The Balaban J connectivity index is 2.72. The first-order chi connectivity index (χ1) is 8.17. The Labute approximate surface area is 109 Å². The first kappa shape index (κ1) is 13.9. The fraction of sp³-hybridized carbons (Fsp3) is 0.429. The molecule has 0 fully saturated rings. The van der Waals surface area contributed by atoms with Crippen LogP contribution in [0.15, 0.2) is 30.9 Å². The molecule has 0 spiro atoms. The monoisotopic (exact) mass is 253 g/mol. The molecule has 0 aromatic heterocycles. The van der Waals surface area contributed by atoms with E-state index in [0.29, 0.717) is 17.7 Å². The minimum Gasteiger partial charge on any atom is -0.492 e. The molecular formula is C14H20ClNO. The number of benzene rings is 1. The molecular weight excluding hydrogens is 234 g/mol. The van der Waals surface area contributed by atoms with E-state index in [1.54, 1.807) is 0 Å². The van der Waals surface area contributed by atoms with Gasteiger partial charge in [0, 0.05) is 11.1 Å². The summed E-state index contributed by atoms with van der Waals surface area (Å²) in [7, 11) is 0. The van der Waals surface area contributed by atoms with Crippen LogP contribution in [0.2, 0.25) is 5.02 Å². The molecule has 0 amide bonds. The third-order valence-electron chi connectivity index (χ3n) is 2.45. The van der Waals surface area contributed by atoms with Gasteiger partial charge < -0.3 is 10.1 Å². The van der Waals surface area contributed by atoms with Gasteiger partial charge in [-0.05, 0) is 44.9 Å². The quantitative estimate of drug-likeness (QED) is 0.722. The molecule has 1 rings (SSSR count). The number of allylic oxidation sites excluding steroid dienone is 1. The summed E-state index contributed by atoms with van der Waals surface area (Å²) in [6, 6.07) is 6.00. The molecule has 3 heteroatoms. The van der Waals surface area contributed by atoms with E-state index in [0.717, 1.165) is 24.3 Å². The van der Waals surface area contributed by atoms with Crippen molar-refractivity contribution in [3.05, 3.63) is 35.9 Å². The van der Waals surface area contributed by atoms with Crippen molar-refractivity contribution in [2.24, 2.45) is 0 Å². The van der Waals surface area contributed by atoms with E-state index in [-0.39, 0.29) is 0 Å². The summed E-state index contributed by atoms with van der Waals surface area (Å²) < 4.78 is 5.56. The molecule has 94 valence electrons.